The van der Waals surface area contributed by atoms with Crippen molar-refractivity contribution in [3.05, 3.63) is 18.2 Å². The molecule has 2 heteroatoms. The average molecular weight is 546 g/mol. The fourth-order valence-corrected chi connectivity index (χ4v) is 6.41. The first kappa shape index (κ1) is 36.2. The maximum atomic E-state index is 3.69. The lowest BCUT2D eigenvalue weighted by atomic mass is 9.93. The summed E-state index contributed by atoms with van der Waals surface area (Å²) in [6.07, 6.45) is 44.3. The van der Waals surface area contributed by atoms with E-state index in [1.165, 1.54) is 186 Å². The van der Waals surface area contributed by atoms with Crippen molar-refractivity contribution in [3.8, 4) is 0 Å². The summed E-state index contributed by atoms with van der Waals surface area (Å²) >= 11 is 0. The minimum absolute atomic E-state index is 0.621. The molecule has 1 heterocycles. The van der Waals surface area contributed by atoms with Crippen LogP contribution in [-0.2, 0) is 0 Å². The molecule has 1 N–H and O–H groups in total. The SMILES string of the molecule is CCCCCCCCCCCCCCCC(C)[n+]1cc[nH]c1C(CCCC)CCCCCCCCCCCC. The second-order valence-corrected chi connectivity index (χ2v) is 12.9. The number of unbranched alkanes of at least 4 members (excludes halogenated alkanes) is 22. The number of imidazole rings is 1. The maximum absolute atomic E-state index is 3.69. The Morgan fingerprint density at radius 1 is 0.487 bits per heavy atom. The summed E-state index contributed by atoms with van der Waals surface area (Å²) < 4.78 is 2.61. The molecule has 0 amide bonds. The normalized spacial score (nSPS) is 13.2. The van der Waals surface area contributed by atoms with Crippen molar-refractivity contribution in [2.75, 3.05) is 0 Å². The molecule has 0 aliphatic heterocycles. The van der Waals surface area contributed by atoms with E-state index in [4.69, 9.17) is 0 Å². The van der Waals surface area contributed by atoms with E-state index >= 15 is 0 Å². The Morgan fingerprint density at radius 3 is 1.28 bits per heavy atom. The number of hydrogen-bond donors (Lipinski definition) is 1. The molecular formula is C37H73N2+. The van der Waals surface area contributed by atoms with Crippen LogP contribution in [0.15, 0.2) is 12.4 Å². The highest BCUT2D eigenvalue weighted by molar-refractivity contribution is 4.90. The molecule has 0 saturated heterocycles. The van der Waals surface area contributed by atoms with Crippen LogP contribution in [0.3, 0.4) is 0 Å². The fraction of sp³-hybridized carbons (Fsp3) is 0.919. The van der Waals surface area contributed by atoms with E-state index in [0.717, 1.165) is 0 Å². The summed E-state index contributed by atoms with van der Waals surface area (Å²) in [7, 11) is 0. The quantitative estimate of drug-likeness (QED) is 0.0732. The van der Waals surface area contributed by atoms with Gasteiger partial charge in [0.15, 0.2) is 0 Å². The van der Waals surface area contributed by atoms with Gasteiger partial charge in [-0.1, -0.05) is 175 Å². The van der Waals surface area contributed by atoms with E-state index in [1.54, 1.807) is 0 Å². The third-order valence-electron chi connectivity index (χ3n) is 9.14. The number of aromatic nitrogens is 2. The van der Waals surface area contributed by atoms with E-state index in [1.807, 2.05) is 0 Å². The Bertz CT molecular complexity index is 606. The Labute approximate surface area is 246 Å². The molecule has 0 spiro atoms. The second kappa shape index (κ2) is 27.4. The van der Waals surface area contributed by atoms with Gasteiger partial charge in [0.1, 0.15) is 12.4 Å². The Kier molecular flexibility index (Phi) is 25.4. The molecule has 1 rings (SSSR count). The zero-order chi connectivity index (χ0) is 28.2. The van der Waals surface area contributed by atoms with E-state index in [0.29, 0.717) is 12.0 Å². The van der Waals surface area contributed by atoms with Crippen LogP contribution in [0.1, 0.15) is 225 Å². The fourth-order valence-electron chi connectivity index (χ4n) is 6.41. The lowest BCUT2D eigenvalue weighted by molar-refractivity contribution is -0.727. The van der Waals surface area contributed by atoms with Crippen LogP contribution in [0, 0.1) is 0 Å². The molecule has 2 nitrogen and oxygen atoms in total. The van der Waals surface area contributed by atoms with Crippen LogP contribution in [0.4, 0.5) is 0 Å². The van der Waals surface area contributed by atoms with Crippen molar-refractivity contribution in [2.24, 2.45) is 0 Å². The van der Waals surface area contributed by atoms with Crippen LogP contribution >= 0.6 is 0 Å². The minimum Gasteiger partial charge on any atom is -0.247 e. The van der Waals surface area contributed by atoms with Crippen molar-refractivity contribution in [2.45, 2.75) is 219 Å². The van der Waals surface area contributed by atoms with Gasteiger partial charge in [0, 0.05) is 0 Å². The Balaban J connectivity index is 2.22. The molecule has 2 atom stereocenters. The van der Waals surface area contributed by atoms with Crippen molar-refractivity contribution in [3.63, 3.8) is 0 Å². The number of rotatable bonds is 30. The highest BCUT2D eigenvalue weighted by Crippen LogP contribution is 2.27. The van der Waals surface area contributed by atoms with Crippen LogP contribution in [0.5, 0.6) is 0 Å². The zero-order valence-electron chi connectivity index (χ0n) is 27.6. The smallest absolute Gasteiger partial charge is 0.247 e. The molecule has 0 aromatic carbocycles. The molecule has 0 radical (unpaired) electrons. The molecule has 0 aliphatic carbocycles. The molecule has 0 bridgehead atoms. The Morgan fingerprint density at radius 2 is 0.846 bits per heavy atom. The van der Waals surface area contributed by atoms with E-state index in [2.05, 4.69) is 49.6 Å². The molecular weight excluding hydrogens is 472 g/mol. The van der Waals surface area contributed by atoms with Crippen molar-refractivity contribution in [1.82, 2.24) is 4.98 Å². The first-order valence-corrected chi connectivity index (χ1v) is 18.3. The predicted octanol–water partition coefficient (Wildman–Crippen LogP) is 12.9. The Hall–Kier alpha value is -0.790. The largest absolute Gasteiger partial charge is 0.257 e. The van der Waals surface area contributed by atoms with Gasteiger partial charge in [0.05, 0.1) is 12.0 Å². The highest BCUT2D eigenvalue weighted by atomic mass is 15.1. The molecule has 2 unspecified atom stereocenters. The lowest BCUT2D eigenvalue weighted by Gasteiger charge is -2.17. The summed E-state index contributed by atoms with van der Waals surface area (Å²) in [6.45, 7) is 9.41. The van der Waals surface area contributed by atoms with Gasteiger partial charge in [-0.3, -0.25) is 0 Å². The van der Waals surface area contributed by atoms with Crippen LogP contribution in [0.25, 0.3) is 0 Å². The minimum atomic E-state index is 0.621. The first-order valence-electron chi connectivity index (χ1n) is 18.3. The van der Waals surface area contributed by atoms with Crippen LogP contribution in [0.2, 0.25) is 0 Å². The van der Waals surface area contributed by atoms with Gasteiger partial charge in [-0.2, -0.15) is 0 Å². The van der Waals surface area contributed by atoms with Gasteiger partial charge in [0.25, 0.3) is 5.82 Å². The molecule has 0 fully saturated rings. The molecule has 39 heavy (non-hydrogen) atoms. The van der Waals surface area contributed by atoms with Gasteiger partial charge in [-0.25, -0.2) is 9.55 Å². The molecule has 230 valence electrons. The van der Waals surface area contributed by atoms with Gasteiger partial charge in [-0.15, -0.1) is 0 Å². The van der Waals surface area contributed by atoms with Gasteiger partial charge >= 0.3 is 0 Å². The van der Waals surface area contributed by atoms with Crippen molar-refractivity contribution in [1.29, 1.82) is 0 Å². The molecule has 0 aliphatic rings. The highest BCUT2D eigenvalue weighted by Gasteiger charge is 2.25. The van der Waals surface area contributed by atoms with Gasteiger partial charge < -0.3 is 0 Å². The van der Waals surface area contributed by atoms with Gasteiger partial charge in [0.2, 0.25) is 0 Å². The standard InChI is InChI=1S/C37H72N2/c1-5-8-11-13-15-17-19-20-21-22-24-26-28-30-35(4)39-34-33-38-37(39)36(31-10-7-3)32-29-27-25-23-18-16-14-12-9-6-2/h33-36H,5-32H2,1-4H3/p+1. The van der Waals surface area contributed by atoms with Crippen molar-refractivity contribution < 1.29 is 4.57 Å². The van der Waals surface area contributed by atoms with Crippen LogP contribution < -0.4 is 4.57 Å². The number of nitrogens with one attached hydrogen (secondary N) is 1. The lowest BCUT2D eigenvalue weighted by Crippen LogP contribution is -2.41. The average Bonchev–Trinajstić information content (AvgIpc) is 3.44. The maximum Gasteiger partial charge on any atom is 0.257 e. The third kappa shape index (κ3) is 19.8. The number of H-pyrrole nitrogens is 1. The first-order chi connectivity index (χ1) is 19.2. The number of nitrogens with zero attached hydrogens (tertiary/aromatic N) is 1. The van der Waals surface area contributed by atoms with E-state index < -0.39 is 0 Å². The summed E-state index contributed by atoms with van der Waals surface area (Å²) in [5, 5.41) is 0. The van der Waals surface area contributed by atoms with Crippen molar-refractivity contribution >= 4 is 0 Å². The van der Waals surface area contributed by atoms with Gasteiger partial charge in [-0.05, 0) is 32.6 Å². The zero-order valence-corrected chi connectivity index (χ0v) is 27.6. The van der Waals surface area contributed by atoms with Crippen LogP contribution in [-0.4, -0.2) is 4.98 Å². The second-order valence-electron chi connectivity index (χ2n) is 12.9. The van der Waals surface area contributed by atoms with E-state index in [9.17, 15) is 0 Å². The topological polar surface area (TPSA) is 19.7 Å². The van der Waals surface area contributed by atoms with E-state index in [-0.39, 0.29) is 0 Å². The number of aromatic amines is 1. The molecule has 0 saturated carbocycles. The molecule has 1 aromatic rings. The third-order valence-corrected chi connectivity index (χ3v) is 9.14. The predicted molar refractivity (Wildman–Crippen MR) is 175 cm³/mol. The summed E-state index contributed by atoms with van der Waals surface area (Å²) in [5.41, 5.74) is 0. The number of hydrogen-bond acceptors (Lipinski definition) is 0. The molecule has 1 aromatic heterocycles. The monoisotopic (exact) mass is 546 g/mol. The summed E-state index contributed by atoms with van der Waals surface area (Å²) in [6, 6.07) is 0.621. The summed E-state index contributed by atoms with van der Waals surface area (Å²) in [5.74, 6) is 2.23. The summed E-state index contributed by atoms with van der Waals surface area (Å²) in [4.78, 5) is 3.69.